The zero-order valence-corrected chi connectivity index (χ0v) is 24.4. The predicted octanol–water partition coefficient (Wildman–Crippen LogP) is 7.09. The van der Waals surface area contributed by atoms with Crippen molar-refractivity contribution in [3.8, 4) is 5.75 Å². The number of hydrogen-bond donors (Lipinski definition) is 2. The standard InChI is InChI=1S/C30H46FNO3Si/c1-20(2)36(21(3)4,22(5)6)35-28-14-9-25(19-23(28)7)29(33)24(8)32-17-15-30(34,16-18-32)26-10-12-27(31)13-11-26/h9-14,19-22,24,29,33-34H,15-18H2,1-8H3/t24-,29+/m1/s1. The van der Waals surface area contributed by atoms with Crippen molar-refractivity contribution < 1.29 is 19.0 Å². The molecule has 0 aromatic heterocycles. The summed E-state index contributed by atoms with van der Waals surface area (Å²) in [6.07, 6.45) is 0.457. The van der Waals surface area contributed by atoms with Crippen molar-refractivity contribution in [1.82, 2.24) is 4.90 Å². The summed E-state index contributed by atoms with van der Waals surface area (Å²) < 4.78 is 20.2. The van der Waals surface area contributed by atoms with Crippen molar-refractivity contribution >= 4 is 8.32 Å². The molecule has 2 aromatic rings. The first-order chi connectivity index (χ1) is 16.8. The zero-order valence-electron chi connectivity index (χ0n) is 23.4. The number of rotatable bonds is 9. The van der Waals surface area contributed by atoms with Gasteiger partial charge in [-0.2, -0.15) is 0 Å². The molecule has 0 bridgehead atoms. The number of halogens is 1. The fourth-order valence-corrected chi connectivity index (χ4v) is 11.7. The van der Waals surface area contributed by atoms with Crippen LogP contribution in [0.2, 0.25) is 16.6 Å². The first-order valence-corrected chi connectivity index (χ1v) is 15.7. The van der Waals surface area contributed by atoms with Crippen molar-refractivity contribution in [3.63, 3.8) is 0 Å². The Kier molecular flexibility index (Phi) is 9.08. The molecule has 0 saturated carbocycles. The van der Waals surface area contributed by atoms with Gasteiger partial charge in [-0.25, -0.2) is 4.39 Å². The molecule has 1 aliphatic rings. The number of piperidine rings is 1. The summed E-state index contributed by atoms with van der Waals surface area (Å²) >= 11 is 0. The highest BCUT2D eigenvalue weighted by Gasteiger charge is 2.47. The minimum Gasteiger partial charge on any atom is -0.543 e. The Morgan fingerprint density at radius 3 is 1.89 bits per heavy atom. The molecule has 1 saturated heterocycles. The summed E-state index contributed by atoms with van der Waals surface area (Å²) in [5.41, 5.74) is 3.23. The Morgan fingerprint density at radius 2 is 1.42 bits per heavy atom. The van der Waals surface area contributed by atoms with E-state index in [1.54, 1.807) is 12.1 Å². The van der Waals surface area contributed by atoms with E-state index in [1.165, 1.54) is 12.1 Å². The summed E-state index contributed by atoms with van der Waals surface area (Å²) in [4.78, 5) is 2.23. The van der Waals surface area contributed by atoms with Crippen LogP contribution in [0.5, 0.6) is 5.75 Å². The van der Waals surface area contributed by atoms with E-state index >= 15 is 0 Å². The van der Waals surface area contributed by atoms with E-state index in [0.29, 0.717) is 42.6 Å². The van der Waals surface area contributed by atoms with E-state index in [4.69, 9.17) is 4.43 Å². The molecule has 0 amide bonds. The van der Waals surface area contributed by atoms with Crippen molar-refractivity contribution in [2.75, 3.05) is 13.1 Å². The van der Waals surface area contributed by atoms with Crippen molar-refractivity contribution in [2.24, 2.45) is 0 Å². The van der Waals surface area contributed by atoms with Crippen LogP contribution in [0.1, 0.15) is 84.1 Å². The Morgan fingerprint density at radius 1 is 0.889 bits per heavy atom. The lowest BCUT2D eigenvalue weighted by Gasteiger charge is -2.43. The van der Waals surface area contributed by atoms with Gasteiger partial charge in [0.15, 0.2) is 0 Å². The van der Waals surface area contributed by atoms with Crippen LogP contribution in [0.3, 0.4) is 0 Å². The molecule has 2 atom stereocenters. The van der Waals surface area contributed by atoms with Crippen molar-refractivity contribution in [1.29, 1.82) is 0 Å². The van der Waals surface area contributed by atoms with Crippen LogP contribution >= 0.6 is 0 Å². The van der Waals surface area contributed by atoms with Gasteiger partial charge in [0, 0.05) is 19.1 Å². The average Bonchev–Trinajstić information content (AvgIpc) is 2.82. The largest absolute Gasteiger partial charge is 0.543 e. The molecule has 6 heteroatoms. The summed E-state index contributed by atoms with van der Waals surface area (Å²) in [7, 11) is -2.05. The molecule has 200 valence electrons. The van der Waals surface area contributed by atoms with Gasteiger partial charge in [-0.05, 0) is 84.3 Å². The molecule has 4 nitrogen and oxygen atoms in total. The zero-order chi connectivity index (χ0) is 26.8. The molecule has 0 spiro atoms. The Bertz CT molecular complexity index is 978. The lowest BCUT2D eigenvalue weighted by molar-refractivity contribution is -0.0502. The fraction of sp³-hybridized carbons (Fsp3) is 0.600. The first kappa shape index (κ1) is 28.8. The maximum Gasteiger partial charge on any atom is 0.258 e. The highest BCUT2D eigenvalue weighted by molar-refractivity contribution is 6.78. The van der Waals surface area contributed by atoms with Crippen LogP contribution in [-0.4, -0.2) is 42.6 Å². The quantitative estimate of drug-likeness (QED) is 0.350. The Labute approximate surface area is 218 Å². The van der Waals surface area contributed by atoms with E-state index in [9.17, 15) is 14.6 Å². The van der Waals surface area contributed by atoms with Crippen LogP contribution in [0.25, 0.3) is 0 Å². The normalized spacial score (nSPS) is 18.6. The maximum atomic E-state index is 13.3. The lowest BCUT2D eigenvalue weighted by atomic mass is 9.83. The molecular formula is C30H46FNO3Si. The molecule has 1 fully saturated rings. The number of aryl methyl sites for hydroxylation is 1. The summed E-state index contributed by atoms with van der Waals surface area (Å²) in [5, 5.41) is 22.4. The molecule has 1 aliphatic heterocycles. The van der Waals surface area contributed by atoms with Gasteiger partial charge in [-0.15, -0.1) is 0 Å². The van der Waals surface area contributed by atoms with Gasteiger partial charge >= 0.3 is 0 Å². The van der Waals surface area contributed by atoms with Crippen LogP contribution in [-0.2, 0) is 5.60 Å². The Hall–Kier alpha value is -1.73. The monoisotopic (exact) mass is 515 g/mol. The highest BCUT2D eigenvalue weighted by atomic mass is 28.4. The van der Waals surface area contributed by atoms with Crippen LogP contribution < -0.4 is 4.43 Å². The average molecular weight is 516 g/mol. The summed E-state index contributed by atoms with van der Waals surface area (Å²) in [6.45, 7) is 19.2. The van der Waals surface area contributed by atoms with Crippen molar-refractivity contribution in [2.45, 2.75) is 103 Å². The van der Waals surface area contributed by atoms with Crippen molar-refractivity contribution in [3.05, 3.63) is 65.0 Å². The third-order valence-corrected chi connectivity index (χ3v) is 14.6. The third kappa shape index (κ3) is 5.72. The summed E-state index contributed by atoms with van der Waals surface area (Å²) in [5.74, 6) is 0.637. The molecular weight excluding hydrogens is 469 g/mol. The topological polar surface area (TPSA) is 52.9 Å². The minimum atomic E-state index is -2.05. The molecule has 3 rings (SSSR count). The second-order valence-electron chi connectivity index (χ2n) is 11.7. The summed E-state index contributed by atoms with van der Waals surface area (Å²) in [6, 6.07) is 12.2. The third-order valence-electron chi connectivity index (χ3n) is 8.57. The molecule has 2 N–H and O–H groups in total. The SMILES string of the molecule is Cc1cc([C@@H](O)[C@@H](C)N2CCC(O)(c3ccc(F)cc3)CC2)ccc1O[Si](C(C)C)(C(C)C)C(C)C. The van der Waals surface area contributed by atoms with Crippen LogP contribution in [0.15, 0.2) is 42.5 Å². The molecule has 0 unspecified atom stereocenters. The second kappa shape index (κ2) is 11.3. The van der Waals surface area contributed by atoms with Gasteiger partial charge in [0.25, 0.3) is 8.32 Å². The predicted molar refractivity (Wildman–Crippen MR) is 148 cm³/mol. The number of benzene rings is 2. The number of aliphatic hydroxyl groups excluding tert-OH is 1. The molecule has 2 aromatic carbocycles. The van der Waals surface area contributed by atoms with Gasteiger partial charge in [0.05, 0.1) is 11.7 Å². The second-order valence-corrected chi connectivity index (χ2v) is 17.1. The van der Waals surface area contributed by atoms with Gasteiger partial charge in [0.1, 0.15) is 11.6 Å². The smallest absolute Gasteiger partial charge is 0.258 e. The fourth-order valence-electron chi connectivity index (χ4n) is 6.34. The number of likely N-dealkylation sites (tertiary alicyclic amines) is 1. The van der Waals surface area contributed by atoms with Gasteiger partial charge < -0.3 is 14.6 Å². The molecule has 1 heterocycles. The Balaban J connectivity index is 1.71. The van der Waals surface area contributed by atoms with E-state index in [1.807, 2.05) is 19.1 Å². The first-order valence-electron chi connectivity index (χ1n) is 13.5. The molecule has 0 radical (unpaired) electrons. The maximum absolute atomic E-state index is 13.3. The molecule has 0 aliphatic carbocycles. The van der Waals surface area contributed by atoms with Gasteiger partial charge in [0.2, 0.25) is 0 Å². The highest BCUT2D eigenvalue weighted by Crippen LogP contribution is 2.44. The van der Waals surface area contributed by atoms with E-state index < -0.39 is 20.0 Å². The van der Waals surface area contributed by atoms with Crippen LogP contribution in [0.4, 0.5) is 4.39 Å². The molecule has 36 heavy (non-hydrogen) atoms. The van der Waals surface area contributed by atoms with E-state index in [2.05, 4.69) is 59.4 Å². The van der Waals surface area contributed by atoms with Crippen LogP contribution in [0, 0.1) is 12.7 Å². The lowest BCUT2D eigenvalue weighted by Crippen LogP contribution is -2.50. The van der Waals surface area contributed by atoms with E-state index in [-0.39, 0.29) is 11.9 Å². The van der Waals surface area contributed by atoms with Gasteiger partial charge in [-0.1, -0.05) is 59.7 Å². The number of hydrogen-bond acceptors (Lipinski definition) is 4. The minimum absolute atomic E-state index is 0.0932. The van der Waals surface area contributed by atoms with Gasteiger partial charge in [-0.3, -0.25) is 4.90 Å². The number of nitrogens with zero attached hydrogens (tertiary/aromatic N) is 1. The number of aliphatic hydroxyl groups is 2. The van der Waals surface area contributed by atoms with E-state index in [0.717, 1.165) is 22.4 Å².